The highest BCUT2D eigenvalue weighted by Crippen LogP contribution is 2.24. The number of carbonyl (C=O) groups excluding carboxylic acids is 1. The fourth-order valence-electron chi connectivity index (χ4n) is 1.36. The number of carbonyl (C=O) groups is 1. The molecule has 2 aromatic rings. The van der Waals surface area contributed by atoms with Crippen molar-refractivity contribution >= 4 is 45.6 Å². The molecule has 1 heterocycles. The van der Waals surface area contributed by atoms with Crippen molar-refractivity contribution in [2.75, 3.05) is 11.9 Å². The predicted octanol–water partition coefficient (Wildman–Crippen LogP) is 3.42. The molecule has 1 N–H and O–H groups in total. The average molecular weight is 332 g/mol. The summed E-state index contributed by atoms with van der Waals surface area (Å²) in [6.07, 6.45) is 0.783. The van der Waals surface area contributed by atoms with Crippen LogP contribution in [0, 0.1) is 0 Å². The minimum atomic E-state index is -0.320. The summed E-state index contributed by atoms with van der Waals surface area (Å²) >= 11 is 13.0. The molecule has 20 heavy (non-hydrogen) atoms. The van der Waals surface area contributed by atoms with Gasteiger partial charge in [0.05, 0.1) is 0 Å². The van der Waals surface area contributed by atoms with Gasteiger partial charge in [-0.3, -0.25) is 10.1 Å². The number of rotatable bonds is 5. The molecule has 0 aliphatic heterocycles. The molecule has 0 radical (unpaired) electrons. The van der Waals surface area contributed by atoms with E-state index in [2.05, 4.69) is 15.5 Å². The normalized spacial score (nSPS) is 10.3. The van der Waals surface area contributed by atoms with Crippen molar-refractivity contribution in [2.45, 2.75) is 13.3 Å². The van der Waals surface area contributed by atoms with Gasteiger partial charge in [0, 0.05) is 10.0 Å². The van der Waals surface area contributed by atoms with Crippen LogP contribution in [-0.4, -0.2) is 22.7 Å². The molecule has 0 atom stereocenters. The lowest BCUT2D eigenvalue weighted by molar-refractivity contribution is -0.118. The largest absolute Gasteiger partial charge is 0.484 e. The Hall–Kier alpha value is -1.37. The van der Waals surface area contributed by atoms with Crippen LogP contribution < -0.4 is 10.1 Å². The zero-order valence-corrected chi connectivity index (χ0v) is 12.8. The van der Waals surface area contributed by atoms with Gasteiger partial charge in [0.25, 0.3) is 5.91 Å². The molecule has 1 aromatic heterocycles. The van der Waals surface area contributed by atoms with E-state index in [1.807, 2.05) is 6.92 Å². The topological polar surface area (TPSA) is 64.1 Å². The molecule has 1 amide bonds. The Morgan fingerprint density at radius 2 is 2.00 bits per heavy atom. The number of aryl methyl sites for hydroxylation is 1. The minimum Gasteiger partial charge on any atom is -0.484 e. The number of benzene rings is 1. The van der Waals surface area contributed by atoms with Crippen LogP contribution in [0.3, 0.4) is 0 Å². The molecule has 0 saturated heterocycles. The van der Waals surface area contributed by atoms with Gasteiger partial charge in [-0.1, -0.05) is 41.5 Å². The highest BCUT2D eigenvalue weighted by molar-refractivity contribution is 7.15. The Morgan fingerprint density at radius 3 is 2.60 bits per heavy atom. The first kappa shape index (κ1) is 15.0. The van der Waals surface area contributed by atoms with Crippen molar-refractivity contribution < 1.29 is 9.53 Å². The number of amides is 1. The average Bonchev–Trinajstić information content (AvgIpc) is 2.83. The van der Waals surface area contributed by atoms with E-state index in [0.29, 0.717) is 20.9 Å². The van der Waals surface area contributed by atoms with Gasteiger partial charge >= 0.3 is 0 Å². The van der Waals surface area contributed by atoms with Crippen LogP contribution in [0.2, 0.25) is 10.0 Å². The summed E-state index contributed by atoms with van der Waals surface area (Å²) in [5.74, 6) is 0.115. The Balaban J connectivity index is 1.88. The molecule has 0 spiro atoms. The lowest BCUT2D eigenvalue weighted by Gasteiger charge is -2.06. The van der Waals surface area contributed by atoms with E-state index in [1.54, 1.807) is 18.2 Å². The molecule has 0 fully saturated rings. The number of halogens is 2. The van der Waals surface area contributed by atoms with Crippen LogP contribution in [0.4, 0.5) is 5.13 Å². The van der Waals surface area contributed by atoms with Gasteiger partial charge in [-0.05, 0) is 24.6 Å². The number of hydrogen-bond acceptors (Lipinski definition) is 5. The quantitative estimate of drug-likeness (QED) is 0.911. The van der Waals surface area contributed by atoms with Gasteiger partial charge in [0.2, 0.25) is 5.13 Å². The van der Waals surface area contributed by atoms with E-state index in [4.69, 9.17) is 27.9 Å². The predicted molar refractivity (Wildman–Crippen MR) is 79.9 cm³/mol. The first-order valence-electron chi connectivity index (χ1n) is 5.78. The summed E-state index contributed by atoms with van der Waals surface area (Å²) in [7, 11) is 0. The zero-order chi connectivity index (χ0) is 14.5. The number of hydrogen-bond donors (Lipinski definition) is 1. The SMILES string of the molecule is CCc1nnc(NC(=O)COc2cc(Cl)cc(Cl)c2)s1. The molecular formula is C12H11Cl2N3O2S. The van der Waals surface area contributed by atoms with Gasteiger partial charge in [-0.25, -0.2) is 0 Å². The summed E-state index contributed by atoms with van der Waals surface area (Å²) in [5.41, 5.74) is 0. The number of aromatic nitrogens is 2. The summed E-state index contributed by atoms with van der Waals surface area (Å²) in [6.45, 7) is 1.82. The van der Waals surface area contributed by atoms with E-state index in [1.165, 1.54) is 11.3 Å². The van der Waals surface area contributed by atoms with Crippen molar-refractivity contribution in [1.29, 1.82) is 0 Å². The van der Waals surface area contributed by atoms with Crippen molar-refractivity contribution in [1.82, 2.24) is 10.2 Å². The van der Waals surface area contributed by atoms with Crippen LogP contribution in [-0.2, 0) is 11.2 Å². The molecule has 2 rings (SSSR count). The molecule has 0 unspecified atom stereocenters. The Labute approximate surface area is 129 Å². The second-order valence-electron chi connectivity index (χ2n) is 3.80. The Kier molecular flexibility index (Phi) is 5.17. The number of ether oxygens (including phenoxy) is 1. The van der Waals surface area contributed by atoms with Crippen LogP contribution in [0.5, 0.6) is 5.75 Å². The zero-order valence-electron chi connectivity index (χ0n) is 10.5. The summed E-state index contributed by atoms with van der Waals surface area (Å²) < 4.78 is 5.31. The van der Waals surface area contributed by atoms with Crippen molar-refractivity contribution in [3.63, 3.8) is 0 Å². The third kappa shape index (κ3) is 4.33. The highest BCUT2D eigenvalue weighted by Gasteiger charge is 2.08. The van der Waals surface area contributed by atoms with E-state index in [9.17, 15) is 4.79 Å². The van der Waals surface area contributed by atoms with Crippen LogP contribution in [0.1, 0.15) is 11.9 Å². The summed E-state index contributed by atoms with van der Waals surface area (Å²) in [6, 6.07) is 4.76. The Morgan fingerprint density at radius 1 is 1.30 bits per heavy atom. The van der Waals surface area contributed by atoms with Crippen molar-refractivity contribution in [2.24, 2.45) is 0 Å². The maximum Gasteiger partial charge on any atom is 0.264 e. The molecule has 0 saturated carbocycles. The van der Waals surface area contributed by atoms with E-state index in [0.717, 1.165) is 11.4 Å². The summed E-state index contributed by atoms with van der Waals surface area (Å²) in [5, 5.41) is 12.6. The molecular weight excluding hydrogens is 321 g/mol. The van der Waals surface area contributed by atoms with E-state index < -0.39 is 0 Å². The molecule has 0 aliphatic rings. The second-order valence-corrected chi connectivity index (χ2v) is 5.73. The molecule has 106 valence electrons. The van der Waals surface area contributed by atoms with Crippen molar-refractivity contribution in [3.8, 4) is 5.75 Å². The lowest BCUT2D eigenvalue weighted by Crippen LogP contribution is -2.20. The second kappa shape index (κ2) is 6.88. The first-order valence-corrected chi connectivity index (χ1v) is 7.35. The van der Waals surface area contributed by atoms with Crippen LogP contribution in [0.15, 0.2) is 18.2 Å². The molecule has 5 nitrogen and oxygen atoms in total. The van der Waals surface area contributed by atoms with Gasteiger partial charge in [-0.15, -0.1) is 10.2 Å². The van der Waals surface area contributed by atoms with Crippen molar-refractivity contribution in [3.05, 3.63) is 33.3 Å². The maximum atomic E-state index is 11.7. The summed E-state index contributed by atoms with van der Waals surface area (Å²) in [4.78, 5) is 11.7. The van der Waals surface area contributed by atoms with Crippen LogP contribution >= 0.6 is 34.5 Å². The minimum absolute atomic E-state index is 0.155. The van der Waals surface area contributed by atoms with Gasteiger partial charge in [0.1, 0.15) is 10.8 Å². The molecule has 0 aliphatic carbocycles. The smallest absolute Gasteiger partial charge is 0.264 e. The number of nitrogens with one attached hydrogen (secondary N) is 1. The Bertz CT molecular complexity index is 598. The number of nitrogens with zero attached hydrogens (tertiary/aromatic N) is 2. The van der Waals surface area contributed by atoms with E-state index >= 15 is 0 Å². The monoisotopic (exact) mass is 331 g/mol. The van der Waals surface area contributed by atoms with Gasteiger partial charge in [0.15, 0.2) is 6.61 Å². The molecule has 0 bridgehead atoms. The molecule has 8 heteroatoms. The molecule has 1 aromatic carbocycles. The van der Waals surface area contributed by atoms with E-state index in [-0.39, 0.29) is 12.5 Å². The lowest BCUT2D eigenvalue weighted by atomic mass is 10.3. The fraction of sp³-hybridized carbons (Fsp3) is 0.250. The number of anilines is 1. The first-order chi connectivity index (χ1) is 9.56. The third-order valence-electron chi connectivity index (χ3n) is 2.22. The van der Waals surface area contributed by atoms with Gasteiger partial charge < -0.3 is 4.74 Å². The fourth-order valence-corrected chi connectivity index (χ4v) is 2.56. The van der Waals surface area contributed by atoms with Gasteiger partial charge in [-0.2, -0.15) is 0 Å². The third-order valence-corrected chi connectivity index (χ3v) is 3.64. The highest BCUT2D eigenvalue weighted by atomic mass is 35.5. The van der Waals surface area contributed by atoms with Crippen LogP contribution in [0.25, 0.3) is 0 Å². The standard InChI is InChI=1S/C12H11Cl2N3O2S/c1-2-11-16-17-12(20-11)15-10(18)6-19-9-4-7(13)3-8(14)5-9/h3-5H,2,6H2,1H3,(H,15,17,18). The maximum absolute atomic E-state index is 11.7.